The van der Waals surface area contributed by atoms with Gasteiger partial charge in [0.2, 0.25) is 5.95 Å². The van der Waals surface area contributed by atoms with Gasteiger partial charge in [-0.3, -0.25) is 0 Å². The summed E-state index contributed by atoms with van der Waals surface area (Å²) in [6.07, 6.45) is 1.36. The number of hydrogen-bond donors (Lipinski definition) is 2. The van der Waals surface area contributed by atoms with Crippen LogP contribution in [0.2, 0.25) is 0 Å². The van der Waals surface area contributed by atoms with E-state index in [2.05, 4.69) is 43.0 Å². The van der Waals surface area contributed by atoms with E-state index >= 15 is 0 Å². The maximum Gasteiger partial charge on any atom is 0.339 e. The Labute approximate surface area is 107 Å². The number of anilines is 1. The van der Waals surface area contributed by atoms with E-state index in [1.165, 1.54) is 6.20 Å². The quantitative estimate of drug-likeness (QED) is 0.860. The molecule has 5 heteroatoms. The van der Waals surface area contributed by atoms with Crippen LogP contribution < -0.4 is 5.32 Å². The van der Waals surface area contributed by atoms with Crippen molar-refractivity contribution in [3.63, 3.8) is 0 Å². The molecule has 0 bridgehead atoms. The van der Waals surface area contributed by atoms with E-state index in [-0.39, 0.29) is 16.4 Å². The summed E-state index contributed by atoms with van der Waals surface area (Å²) in [5.74, 6) is -0.493. The third-order valence-electron chi connectivity index (χ3n) is 4.50. The Hall–Kier alpha value is -1.65. The fourth-order valence-electron chi connectivity index (χ4n) is 2.43. The van der Waals surface area contributed by atoms with Crippen LogP contribution >= 0.6 is 0 Å². The number of nitrogens with zero attached hydrogens (tertiary/aromatic N) is 2. The van der Waals surface area contributed by atoms with Crippen molar-refractivity contribution in [1.29, 1.82) is 0 Å². The van der Waals surface area contributed by atoms with Gasteiger partial charge in [0.1, 0.15) is 0 Å². The third kappa shape index (κ3) is 1.74. The molecule has 0 spiro atoms. The second-order valence-corrected chi connectivity index (χ2v) is 6.02. The van der Waals surface area contributed by atoms with Crippen LogP contribution in [0.25, 0.3) is 0 Å². The molecule has 98 valence electrons. The van der Waals surface area contributed by atoms with Crippen molar-refractivity contribution >= 4 is 11.9 Å². The molecule has 0 atom stereocenters. The van der Waals surface area contributed by atoms with Crippen molar-refractivity contribution in [2.24, 2.45) is 10.8 Å². The van der Waals surface area contributed by atoms with Crippen LogP contribution in [0.4, 0.5) is 5.95 Å². The topological polar surface area (TPSA) is 75.1 Å². The number of rotatable bonds is 3. The first-order valence-corrected chi connectivity index (χ1v) is 6.01. The van der Waals surface area contributed by atoms with Crippen molar-refractivity contribution in [2.75, 3.05) is 5.32 Å². The normalized spacial score (nSPS) is 20.5. The molecule has 5 nitrogen and oxygen atoms in total. The van der Waals surface area contributed by atoms with E-state index in [0.29, 0.717) is 17.7 Å². The van der Waals surface area contributed by atoms with Crippen LogP contribution in [-0.4, -0.2) is 27.1 Å². The molecule has 1 saturated carbocycles. The molecule has 1 aliphatic rings. The minimum absolute atomic E-state index is 0.148. The Morgan fingerprint density at radius 2 is 1.89 bits per heavy atom. The van der Waals surface area contributed by atoms with Gasteiger partial charge in [0.15, 0.2) is 0 Å². The average Bonchev–Trinajstić information content (AvgIpc) is 2.60. The summed E-state index contributed by atoms with van der Waals surface area (Å²) >= 11 is 0. The number of hydrogen-bond acceptors (Lipinski definition) is 4. The molecule has 0 aliphatic heterocycles. The molecule has 0 radical (unpaired) electrons. The highest BCUT2D eigenvalue weighted by Gasteiger charge is 2.65. The molecule has 1 fully saturated rings. The maximum atomic E-state index is 10.9. The second kappa shape index (κ2) is 3.67. The fourth-order valence-corrected chi connectivity index (χ4v) is 2.43. The SMILES string of the molecule is Cc1nc(NC2C(C)(C)C2(C)C)ncc1C(=O)O. The summed E-state index contributed by atoms with van der Waals surface area (Å²) < 4.78 is 0. The van der Waals surface area contributed by atoms with E-state index in [0.717, 1.165) is 0 Å². The predicted octanol–water partition coefficient (Wildman–Crippen LogP) is 2.33. The predicted molar refractivity (Wildman–Crippen MR) is 68.7 cm³/mol. The lowest BCUT2D eigenvalue weighted by Crippen LogP contribution is -2.14. The lowest BCUT2D eigenvalue weighted by molar-refractivity contribution is 0.0695. The highest BCUT2D eigenvalue weighted by atomic mass is 16.4. The number of aromatic carboxylic acids is 1. The van der Waals surface area contributed by atoms with Crippen LogP contribution in [0.1, 0.15) is 43.7 Å². The number of nitrogens with one attached hydrogen (secondary N) is 1. The van der Waals surface area contributed by atoms with Gasteiger partial charge in [-0.15, -0.1) is 0 Å². The van der Waals surface area contributed by atoms with Crippen LogP contribution in [0.15, 0.2) is 6.20 Å². The summed E-state index contributed by atoms with van der Waals surface area (Å²) in [4.78, 5) is 19.1. The molecular formula is C13H19N3O2. The largest absolute Gasteiger partial charge is 0.478 e. The Bertz CT molecular complexity index is 495. The lowest BCUT2D eigenvalue weighted by Gasteiger charge is -2.08. The first kappa shape index (κ1) is 12.8. The second-order valence-electron chi connectivity index (χ2n) is 6.02. The van der Waals surface area contributed by atoms with Gasteiger partial charge >= 0.3 is 5.97 Å². The number of carboxylic acid groups (broad SMARTS) is 1. The molecule has 1 heterocycles. The summed E-state index contributed by atoms with van der Waals surface area (Å²) in [6.45, 7) is 10.5. The van der Waals surface area contributed by atoms with Crippen molar-refractivity contribution in [2.45, 2.75) is 40.7 Å². The molecule has 2 N–H and O–H groups in total. The summed E-state index contributed by atoms with van der Waals surface area (Å²) in [5, 5.41) is 12.2. The Morgan fingerprint density at radius 3 is 2.28 bits per heavy atom. The lowest BCUT2D eigenvalue weighted by atomic mass is 10.0. The molecule has 18 heavy (non-hydrogen) atoms. The molecule has 1 aliphatic carbocycles. The zero-order valence-corrected chi connectivity index (χ0v) is 11.4. The molecule has 1 aromatic rings. The number of aryl methyl sites for hydroxylation is 1. The van der Waals surface area contributed by atoms with E-state index in [9.17, 15) is 4.79 Å². The number of carboxylic acids is 1. The van der Waals surface area contributed by atoms with E-state index in [4.69, 9.17) is 5.11 Å². The van der Waals surface area contributed by atoms with Crippen molar-refractivity contribution < 1.29 is 9.90 Å². The van der Waals surface area contributed by atoms with Crippen LogP contribution in [-0.2, 0) is 0 Å². The van der Waals surface area contributed by atoms with Crippen LogP contribution in [0, 0.1) is 17.8 Å². The molecular weight excluding hydrogens is 230 g/mol. The zero-order valence-electron chi connectivity index (χ0n) is 11.4. The first-order valence-electron chi connectivity index (χ1n) is 6.01. The van der Waals surface area contributed by atoms with Gasteiger partial charge in [-0.25, -0.2) is 14.8 Å². The summed E-state index contributed by atoms with van der Waals surface area (Å²) in [5.41, 5.74) is 1.01. The smallest absolute Gasteiger partial charge is 0.339 e. The first-order chi connectivity index (χ1) is 8.18. The van der Waals surface area contributed by atoms with Gasteiger partial charge in [-0.2, -0.15) is 0 Å². The number of carbonyl (C=O) groups is 1. The van der Waals surface area contributed by atoms with Gasteiger partial charge in [0, 0.05) is 12.2 Å². The van der Waals surface area contributed by atoms with Crippen molar-refractivity contribution in [1.82, 2.24) is 9.97 Å². The maximum absolute atomic E-state index is 10.9. The highest BCUT2D eigenvalue weighted by molar-refractivity contribution is 5.88. The minimum atomic E-state index is -0.994. The Balaban J connectivity index is 2.18. The highest BCUT2D eigenvalue weighted by Crippen LogP contribution is 2.63. The average molecular weight is 249 g/mol. The summed E-state index contributed by atoms with van der Waals surface area (Å²) in [7, 11) is 0. The third-order valence-corrected chi connectivity index (χ3v) is 4.50. The van der Waals surface area contributed by atoms with E-state index in [1.54, 1.807) is 6.92 Å². The zero-order chi connectivity index (χ0) is 13.7. The van der Waals surface area contributed by atoms with Gasteiger partial charge in [-0.1, -0.05) is 27.7 Å². The minimum Gasteiger partial charge on any atom is -0.478 e. The number of aromatic nitrogens is 2. The molecule has 0 amide bonds. The van der Waals surface area contributed by atoms with E-state index in [1.807, 2.05) is 0 Å². The van der Waals surface area contributed by atoms with Crippen molar-refractivity contribution in [3.05, 3.63) is 17.5 Å². The van der Waals surface area contributed by atoms with Gasteiger partial charge in [0.05, 0.1) is 11.3 Å². The van der Waals surface area contributed by atoms with Crippen molar-refractivity contribution in [3.8, 4) is 0 Å². The van der Waals surface area contributed by atoms with Crippen LogP contribution in [0.3, 0.4) is 0 Å². The molecule has 1 aromatic heterocycles. The van der Waals surface area contributed by atoms with Gasteiger partial charge in [0.25, 0.3) is 0 Å². The molecule has 0 unspecified atom stereocenters. The molecule has 2 rings (SSSR count). The van der Waals surface area contributed by atoms with Crippen LogP contribution in [0.5, 0.6) is 0 Å². The van der Waals surface area contributed by atoms with Gasteiger partial charge < -0.3 is 10.4 Å². The molecule has 0 aromatic carbocycles. The van der Waals surface area contributed by atoms with E-state index < -0.39 is 5.97 Å². The molecule has 0 saturated heterocycles. The standard InChI is InChI=1S/C13H19N3O2/c1-7-8(9(17)18)6-14-11(15-7)16-10-12(2,3)13(10,4)5/h6,10H,1-5H3,(H,17,18)(H,14,15,16). The Kier molecular flexibility index (Phi) is 2.61. The van der Waals surface area contributed by atoms with Gasteiger partial charge in [-0.05, 0) is 17.8 Å². The fraction of sp³-hybridized carbons (Fsp3) is 0.615. The Morgan fingerprint density at radius 1 is 1.33 bits per heavy atom. The summed E-state index contributed by atoms with van der Waals surface area (Å²) in [6, 6.07) is 0.306. The monoisotopic (exact) mass is 249 g/mol.